The van der Waals surface area contributed by atoms with E-state index in [1.54, 1.807) is 6.08 Å². The molecule has 6 nitrogen and oxygen atoms in total. The quantitative estimate of drug-likeness (QED) is 0.871. The van der Waals surface area contributed by atoms with Crippen LogP contribution in [0.25, 0.3) is 17.0 Å². The first-order valence-electron chi connectivity index (χ1n) is 7.92. The molecule has 1 aromatic heterocycles. The Morgan fingerprint density at radius 2 is 2.17 bits per heavy atom. The summed E-state index contributed by atoms with van der Waals surface area (Å²) in [6.07, 6.45) is 2.98. The Morgan fingerprint density at radius 1 is 1.38 bits per heavy atom. The van der Waals surface area contributed by atoms with Gasteiger partial charge in [0.15, 0.2) is 6.10 Å². The van der Waals surface area contributed by atoms with Crippen LogP contribution in [0.1, 0.15) is 18.2 Å². The minimum Gasteiger partial charge on any atom is -0.479 e. The van der Waals surface area contributed by atoms with Crippen LogP contribution in [0.2, 0.25) is 0 Å². The van der Waals surface area contributed by atoms with Crippen LogP contribution in [0.4, 0.5) is 0 Å². The summed E-state index contributed by atoms with van der Waals surface area (Å²) in [6, 6.07) is 7.68. The van der Waals surface area contributed by atoms with Crippen LogP contribution in [-0.2, 0) is 20.7 Å². The van der Waals surface area contributed by atoms with Crippen molar-refractivity contribution in [2.75, 3.05) is 19.7 Å². The van der Waals surface area contributed by atoms with E-state index < -0.39 is 12.1 Å². The number of carbonyl (C=O) groups excluding carboxylic acids is 1. The summed E-state index contributed by atoms with van der Waals surface area (Å²) in [6.45, 7) is 2.67. The van der Waals surface area contributed by atoms with Gasteiger partial charge in [-0.15, -0.1) is 0 Å². The Balaban J connectivity index is 1.80. The number of hydrogen-bond donors (Lipinski definition) is 1. The second-order valence-corrected chi connectivity index (χ2v) is 5.60. The molecule has 1 saturated heterocycles. The summed E-state index contributed by atoms with van der Waals surface area (Å²) >= 11 is 0. The lowest BCUT2D eigenvalue weighted by atomic mass is 10.1. The van der Waals surface area contributed by atoms with E-state index >= 15 is 0 Å². The van der Waals surface area contributed by atoms with Crippen LogP contribution < -0.4 is 0 Å². The van der Waals surface area contributed by atoms with Gasteiger partial charge in [0.05, 0.1) is 13.2 Å². The minimum absolute atomic E-state index is 0.0608. The number of aliphatic carboxylic acids is 1. The van der Waals surface area contributed by atoms with Crippen LogP contribution in [0, 0.1) is 0 Å². The van der Waals surface area contributed by atoms with Crippen molar-refractivity contribution in [2.24, 2.45) is 0 Å². The van der Waals surface area contributed by atoms with E-state index in [1.165, 1.54) is 11.0 Å². The third-order valence-corrected chi connectivity index (χ3v) is 4.08. The van der Waals surface area contributed by atoms with Crippen molar-refractivity contribution < 1.29 is 23.8 Å². The van der Waals surface area contributed by atoms with Gasteiger partial charge in [0.1, 0.15) is 11.3 Å². The van der Waals surface area contributed by atoms with Gasteiger partial charge in [-0.05, 0) is 12.1 Å². The molecule has 1 aromatic carbocycles. The van der Waals surface area contributed by atoms with Crippen molar-refractivity contribution in [1.82, 2.24) is 4.90 Å². The predicted molar refractivity (Wildman–Crippen MR) is 88.6 cm³/mol. The fourth-order valence-electron chi connectivity index (χ4n) is 2.82. The SMILES string of the molecule is CCc1oc2ccccc2c1/C=C/C(=O)N1CCOC(C(=O)O)C1. The molecule has 24 heavy (non-hydrogen) atoms. The zero-order valence-corrected chi connectivity index (χ0v) is 13.4. The lowest BCUT2D eigenvalue weighted by Crippen LogP contribution is -2.48. The number of amides is 1. The first-order chi connectivity index (χ1) is 11.6. The molecule has 1 N–H and O–H groups in total. The molecule has 0 radical (unpaired) electrons. The number of carbonyl (C=O) groups is 2. The smallest absolute Gasteiger partial charge is 0.334 e. The first kappa shape index (κ1) is 16.3. The fourth-order valence-corrected chi connectivity index (χ4v) is 2.82. The van der Waals surface area contributed by atoms with Crippen molar-refractivity contribution in [2.45, 2.75) is 19.4 Å². The van der Waals surface area contributed by atoms with Gasteiger partial charge in [-0.25, -0.2) is 4.79 Å². The highest BCUT2D eigenvalue weighted by atomic mass is 16.5. The number of ether oxygens (including phenoxy) is 1. The zero-order chi connectivity index (χ0) is 17.1. The van der Waals surface area contributed by atoms with Crippen molar-refractivity contribution in [1.29, 1.82) is 0 Å². The second kappa shape index (κ2) is 6.88. The summed E-state index contributed by atoms with van der Waals surface area (Å²) in [5.41, 5.74) is 1.68. The highest BCUT2D eigenvalue weighted by Gasteiger charge is 2.28. The van der Waals surface area contributed by atoms with E-state index in [0.29, 0.717) is 6.54 Å². The normalized spacial score (nSPS) is 18.4. The Bertz CT molecular complexity index is 792. The summed E-state index contributed by atoms with van der Waals surface area (Å²) in [7, 11) is 0. The zero-order valence-electron chi connectivity index (χ0n) is 13.4. The standard InChI is InChI=1S/C18H19NO5/c1-2-14-13(12-5-3-4-6-15(12)24-14)7-8-17(20)19-9-10-23-16(11-19)18(21)22/h3-8,16H,2,9-11H2,1H3,(H,21,22)/b8-7+. The largest absolute Gasteiger partial charge is 0.479 e. The van der Waals surface area contributed by atoms with Gasteiger partial charge >= 0.3 is 5.97 Å². The molecular formula is C18H19NO5. The number of morpholine rings is 1. The molecule has 1 fully saturated rings. The van der Waals surface area contributed by atoms with Gasteiger partial charge in [0, 0.05) is 30.0 Å². The molecule has 2 aromatic rings. The molecule has 6 heteroatoms. The lowest BCUT2D eigenvalue weighted by molar-refractivity contribution is -0.158. The van der Waals surface area contributed by atoms with Gasteiger partial charge < -0.3 is 19.2 Å². The number of para-hydroxylation sites is 1. The topological polar surface area (TPSA) is 80.0 Å². The summed E-state index contributed by atoms with van der Waals surface area (Å²) in [4.78, 5) is 24.9. The number of nitrogens with zero attached hydrogens (tertiary/aromatic N) is 1. The van der Waals surface area contributed by atoms with E-state index in [9.17, 15) is 9.59 Å². The average molecular weight is 329 g/mol. The third-order valence-electron chi connectivity index (χ3n) is 4.08. The van der Waals surface area contributed by atoms with Crippen molar-refractivity contribution in [3.63, 3.8) is 0 Å². The molecule has 0 bridgehead atoms. The van der Waals surface area contributed by atoms with Crippen molar-refractivity contribution in [3.8, 4) is 0 Å². The second-order valence-electron chi connectivity index (χ2n) is 5.60. The molecule has 1 aliphatic heterocycles. The third kappa shape index (κ3) is 3.19. The summed E-state index contributed by atoms with van der Waals surface area (Å²) in [5.74, 6) is -0.451. The summed E-state index contributed by atoms with van der Waals surface area (Å²) < 4.78 is 10.9. The number of carboxylic acids is 1. The summed E-state index contributed by atoms with van der Waals surface area (Å²) in [5, 5.41) is 9.97. The monoisotopic (exact) mass is 329 g/mol. The Labute approximate surface area is 139 Å². The molecular weight excluding hydrogens is 310 g/mol. The van der Waals surface area contributed by atoms with Crippen LogP contribution >= 0.6 is 0 Å². The van der Waals surface area contributed by atoms with Crippen molar-refractivity contribution >= 4 is 28.9 Å². The maximum Gasteiger partial charge on any atom is 0.334 e. The number of benzene rings is 1. The number of furan rings is 1. The Kier molecular flexibility index (Phi) is 4.66. The van der Waals surface area contributed by atoms with Crippen LogP contribution in [-0.4, -0.2) is 47.7 Å². The number of aryl methyl sites for hydroxylation is 1. The van der Waals surface area contributed by atoms with E-state index in [-0.39, 0.29) is 19.1 Å². The van der Waals surface area contributed by atoms with Crippen LogP contribution in [0.5, 0.6) is 0 Å². The van der Waals surface area contributed by atoms with Gasteiger partial charge in [0.25, 0.3) is 0 Å². The highest BCUT2D eigenvalue weighted by Crippen LogP contribution is 2.27. The maximum absolute atomic E-state index is 12.4. The number of carboxylic acid groups (broad SMARTS) is 1. The molecule has 0 aliphatic carbocycles. The molecule has 0 saturated carbocycles. The van der Waals surface area contributed by atoms with E-state index in [0.717, 1.165) is 28.7 Å². The van der Waals surface area contributed by atoms with Gasteiger partial charge in [0.2, 0.25) is 5.91 Å². The lowest BCUT2D eigenvalue weighted by Gasteiger charge is -2.30. The molecule has 126 valence electrons. The highest BCUT2D eigenvalue weighted by molar-refractivity contribution is 5.96. The molecule has 0 spiro atoms. The molecule has 1 atom stereocenters. The molecule has 1 unspecified atom stereocenters. The van der Waals surface area contributed by atoms with Crippen LogP contribution in [0.3, 0.4) is 0 Å². The molecule has 1 aliphatic rings. The van der Waals surface area contributed by atoms with Gasteiger partial charge in [-0.3, -0.25) is 4.79 Å². The van der Waals surface area contributed by atoms with Crippen molar-refractivity contribution in [3.05, 3.63) is 41.7 Å². The van der Waals surface area contributed by atoms with E-state index in [1.807, 2.05) is 31.2 Å². The van der Waals surface area contributed by atoms with E-state index in [2.05, 4.69) is 0 Å². The number of rotatable bonds is 4. The van der Waals surface area contributed by atoms with E-state index in [4.69, 9.17) is 14.3 Å². The Morgan fingerprint density at radius 3 is 2.92 bits per heavy atom. The Hall–Kier alpha value is -2.60. The number of fused-ring (bicyclic) bond motifs is 1. The van der Waals surface area contributed by atoms with Gasteiger partial charge in [-0.2, -0.15) is 0 Å². The number of hydrogen-bond acceptors (Lipinski definition) is 4. The average Bonchev–Trinajstić information content (AvgIpc) is 2.97. The molecule has 2 heterocycles. The fraction of sp³-hybridized carbons (Fsp3) is 0.333. The first-order valence-corrected chi connectivity index (χ1v) is 7.92. The molecule has 1 amide bonds. The predicted octanol–water partition coefficient (Wildman–Crippen LogP) is 2.32. The molecule has 3 rings (SSSR count). The maximum atomic E-state index is 12.4. The van der Waals surface area contributed by atoms with Gasteiger partial charge in [-0.1, -0.05) is 25.1 Å². The van der Waals surface area contributed by atoms with Crippen LogP contribution in [0.15, 0.2) is 34.8 Å². The minimum atomic E-state index is -1.05.